The number of aromatic nitrogens is 2. The maximum atomic E-state index is 12.7. The van der Waals surface area contributed by atoms with E-state index in [1.165, 1.54) is 0 Å². The molecule has 0 saturated carbocycles. The predicted molar refractivity (Wildman–Crippen MR) is 80.4 cm³/mol. The second-order valence-corrected chi connectivity index (χ2v) is 4.84. The lowest BCUT2D eigenvalue weighted by molar-refractivity contribution is 0.0574. The van der Waals surface area contributed by atoms with Crippen LogP contribution in [0, 0.1) is 0 Å². The number of hydrogen-bond acceptors (Lipinski definition) is 4. The number of methoxy groups -OCH3 is 1. The summed E-state index contributed by atoms with van der Waals surface area (Å²) in [5.41, 5.74) is -0.0369. The molecule has 21 heavy (non-hydrogen) atoms. The van der Waals surface area contributed by atoms with Crippen molar-refractivity contribution in [2.75, 3.05) is 20.3 Å². The number of aromatic amines is 1. The second-order valence-electron chi connectivity index (χ2n) is 4.84. The molecule has 2 aromatic rings. The SMILES string of the molecule is CCN(C(=O)c1n[nH]c(=O)c2ccccc12)C(C)COC. The highest BCUT2D eigenvalue weighted by atomic mass is 16.5. The van der Waals surface area contributed by atoms with Crippen LogP contribution in [0.2, 0.25) is 0 Å². The number of nitrogens with one attached hydrogen (secondary N) is 1. The molecule has 0 bridgehead atoms. The molecule has 0 saturated heterocycles. The first-order valence-electron chi connectivity index (χ1n) is 6.87. The number of benzene rings is 1. The number of amides is 1. The Bertz CT molecular complexity index is 696. The lowest BCUT2D eigenvalue weighted by atomic mass is 10.1. The second kappa shape index (κ2) is 6.49. The van der Waals surface area contributed by atoms with Crippen molar-refractivity contribution in [2.24, 2.45) is 0 Å². The van der Waals surface area contributed by atoms with E-state index in [2.05, 4.69) is 10.2 Å². The fourth-order valence-electron chi connectivity index (χ4n) is 2.40. The average molecular weight is 289 g/mol. The molecular weight excluding hydrogens is 270 g/mol. The van der Waals surface area contributed by atoms with Crippen LogP contribution in [0.25, 0.3) is 10.8 Å². The minimum atomic E-state index is -0.296. The topological polar surface area (TPSA) is 75.3 Å². The molecule has 1 heterocycles. The summed E-state index contributed by atoms with van der Waals surface area (Å²) in [4.78, 5) is 26.1. The Labute approximate surface area is 122 Å². The molecule has 0 aliphatic carbocycles. The number of fused-ring (bicyclic) bond motifs is 1. The van der Waals surface area contributed by atoms with Gasteiger partial charge in [-0.1, -0.05) is 18.2 Å². The zero-order valence-electron chi connectivity index (χ0n) is 12.4. The van der Waals surface area contributed by atoms with Gasteiger partial charge in [-0.3, -0.25) is 9.59 Å². The summed E-state index contributed by atoms with van der Waals surface area (Å²) >= 11 is 0. The number of hydrogen-bond donors (Lipinski definition) is 1. The number of ether oxygens (including phenoxy) is 1. The van der Waals surface area contributed by atoms with E-state index >= 15 is 0 Å². The van der Waals surface area contributed by atoms with Crippen LogP contribution in [0.15, 0.2) is 29.1 Å². The Morgan fingerprint density at radius 3 is 2.67 bits per heavy atom. The van der Waals surface area contributed by atoms with Crippen LogP contribution in [0.1, 0.15) is 24.3 Å². The quantitative estimate of drug-likeness (QED) is 0.903. The zero-order chi connectivity index (χ0) is 15.4. The minimum Gasteiger partial charge on any atom is -0.383 e. The molecule has 0 fully saturated rings. The van der Waals surface area contributed by atoms with Gasteiger partial charge in [0.2, 0.25) is 0 Å². The van der Waals surface area contributed by atoms with Crippen LogP contribution in [-0.2, 0) is 4.74 Å². The molecule has 2 rings (SSSR count). The number of H-pyrrole nitrogens is 1. The van der Waals surface area contributed by atoms with E-state index < -0.39 is 0 Å². The third-order valence-corrected chi connectivity index (χ3v) is 3.44. The van der Waals surface area contributed by atoms with Crippen molar-refractivity contribution in [3.05, 3.63) is 40.3 Å². The highest BCUT2D eigenvalue weighted by Gasteiger charge is 2.23. The molecule has 1 atom stereocenters. The van der Waals surface area contributed by atoms with Crippen LogP contribution in [0.4, 0.5) is 0 Å². The molecule has 1 aromatic carbocycles. The first-order chi connectivity index (χ1) is 10.1. The van der Waals surface area contributed by atoms with Gasteiger partial charge in [0.25, 0.3) is 11.5 Å². The fourth-order valence-corrected chi connectivity index (χ4v) is 2.40. The van der Waals surface area contributed by atoms with Gasteiger partial charge in [-0.15, -0.1) is 0 Å². The van der Waals surface area contributed by atoms with Gasteiger partial charge in [-0.2, -0.15) is 5.10 Å². The molecule has 6 heteroatoms. The van der Waals surface area contributed by atoms with E-state index in [0.29, 0.717) is 23.9 Å². The van der Waals surface area contributed by atoms with Crippen molar-refractivity contribution < 1.29 is 9.53 Å². The van der Waals surface area contributed by atoms with Gasteiger partial charge in [-0.05, 0) is 19.9 Å². The number of rotatable bonds is 5. The molecule has 6 nitrogen and oxygen atoms in total. The van der Waals surface area contributed by atoms with Crippen LogP contribution in [0.3, 0.4) is 0 Å². The van der Waals surface area contributed by atoms with E-state index in [9.17, 15) is 9.59 Å². The van der Waals surface area contributed by atoms with E-state index in [1.807, 2.05) is 13.8 Å². The molecule has 112 valence electrons. The van der Waals surface area contributed by atoms with Crippen LogP contribution >= 0.6 is 0 Å². The molecule has 0 spiro atoms. The van der Waals surface area contributed by atoms with Gasteiger partial charge in [0.05, 0.1) is 18.0 Å². The van der Waals surface area contributed by atoms with Crippen molar-refractivity contribution in [1.82, 2.24) is 15.1 Å². The van der Waals surface area contributed by atoms with E-state index in [-0.39, 0.29) is 23.2 Å². The standard InChI is InChI=1S/C15H19N3O3/c1-4-18(10(2)9-21-3)15(20)13-11-7-5-6-8-12(11)14(19)17-16-13/h5-8,10H,4,9H2,1-3H3,(H,17,19). The minimum absolute atomic E-state index is 0.0695. The number of carbonyl (C=O) groups excluding carboxylic acids is 1. The molecule has 1 N–H and O–H groups in total. The summed E-state index contributed by atoms with van der Waals surface area (Å²) in [7, 11) is 1.60. The Hall–Kier alpha value is -2.21. The fraction of sp³-hybridized carbons (Fsp3) is 0.400. The van der Waals surface area contributed by atoms with Gasteiger partial charge in [0.1, 0.15) is 0 Å². The Morgan fingerprint density at radius 2 is 2.05 bits per heavy atom. The summed E-state index contributed by atoms with van der Waals surface area (Å²) in [6, 6.07) is 6.90. The predicted octanol–water partition coefficient (Wildman–Crippen LogP) is 1.42. The Balaban J connectivity index is 2.48. The lowest BCUT2D eigenvalue weighted by Crippen LogP contribution is -2.41. The molecule has 1 amide bonds. The third kappa shape index (κ3) is 2.95. The molecule has 0 aliphatic rings. The van der Waals surface area contributed by atoms with E-state index in [0.717, 1.165) is 0 Å². The van der Waals surface area contributed by atoms with Crippen molar-refractivity contribution in [2.45, 2.75) is 19.9 Å². The largest absolute Gasteiger partial charge is 0.383 e. The molecule has 1 aromatic heterocycles. The monoisotopic (exact) mass is 289 g/mol. The summed E-state index contributed by atoms with van der Waals surface area (Å²) in [5, 5.41) is 7.37. The van der Waals surface area contributed by atoms with Gasteiger partial charge in [0, 0.05) is 19.0 Å². The smallest absolute Gasteiger partial charge is 0.275 e. The first kappa shape index (κ1) is 15.2. The molecule has 0 aliphatic heterocycles. The van der Waals surface area contributed by atoms with Gasteiger partial charge in [0.15, 0.2) is 5.69 Å². The highest BCUT2D eigenvalue weighted by Crippen LogP contribution is 2.15. The van der Waals surface area contributed by atoms with Crippen molar-refractivity contribution in [3.8, 4) is 0 Å². The van der Waals surface area contributed by atoms with Gasteiger partial charge >= 0.3 is 0 Å². The summed E-state index contributed by atoms with van der Waals surface area (Å²) in [6.07, 6.45) is 0. The van der Waals surface area contributed by atoms with E-state index in [4.69, 9.17) is 4.74 Å². The maximum absolute atomic E-state index is 12.7. The van der Waals surface area contributed by atoms with Crippen molar-refractivity contribution >= 4 is 16.7 Å². The number of likely N-dealkylation sites (N-methyl/N-ethyl adjacent to an activating group) is 1. The maximum Gasteiger partial charge on any atom is 0.275 e. The highest BCUT2D eigenvalue weighted by molar-refractivity contribution is 6.04. The van der Waals surface area contributed by atoms with Crippen LogP contribution < -0.4 is 5.56 Å². The lowest BCUT2D eigenvalue weighted by Gasteiger charge is -2.27. The third-order valence-electron chi connectivity index (χ3n) is 3.44. The molecule has 0 radical (unpaired) electrons. The normalized spacial score (nSPS) is 12.3. The number of nitrogens with zero attached hydrogens (tertiary/aromatic N) is 2. The van der Waals surface area contributed by atoms with Crippen molar-refractivity contribution in [1.29, 1.82) is 0 Å². The van der Waals surface area contributed by atoms with Crippen LogP contribution in [0.5, 0.6) is 0 Å². The first-order valence-corrected chi connectivity index (χ1v) is 6.87. The van der Waals surface area contributed by atoms with Gasteiger partial charge in [-0.25, -0.2) is 5.10 Å². The van der Waals surface area contributed by atoms with Crippen molar-refractivity contribution in [3.63, 3.8) is 0 Å². The van der Waals surface area contributed by atoms with Crippen LogP contribution in [-0.4, -0.2) is 47.3 Å². The Morgan fingerprint density at radius 1 is 1.38 bits per heavy atom. The Kier molecular flexibility index (Phi) is 4.70. The molecular formula is C15H19N3O3. The summed E-state index contributed by atoms with van der Waals surface area (Å²) in [6.45, 7) is 4.80. The molecule has 1 unspecified atom stereocenters. The summed E-state index contributed by atoms with van der Waals surface area (Å²) < 4.78 is 5.11. The van der Waals surface area contributed by atoms with E-state index in [1.54, 1.807) is 36.3 Å². The zero-order valence-corrected chi connectivity index (χ0v) is 12.4. The van der Waals surface area contributed by atoms with Gasteiger partial charge < -0.3 is 9.64 Å². The average Bonchev–Trinajstić information content (AvgIpc) is 2.49. The summed E-state index contributed by atoms with van der Waals surface area (Å²) in [5.74, 6) is -0.213. The number of carbonyl (C=O) groups is 1.